The van der Waals surface area contributed by atoms with Crippen molar-refractivity contribution in [3.63, 3.8) is 0 Å². The van der Waals surface area contributed by atoms with Crippen LogP contribution in [0.5, 0.6) is 0 Å². The molecule has 0 saturated carbocycles. The Hall–Kier alpha value is 0.648. The second-order valence-corrected chi connectivity index (χ2v) is 38.9. The van der Waals surface area contributed by atoms with Gasteiger partial charge in [0.15, 0.2) is 38.7 Å². The first-order valence-corrected chi connectivity index (χ1v) is 31.9. The summed E-state index contributed by atoms with van der Waals surface area (Å²) >= 11 is 0. The molecule has 0 aliphatic rings. The molecule has 0 aliphatic carbocycles. The van der Waals surface area contributed by atoms with E-state index in [-0.39, 0.29) is 0 Å². The number of unbranched alkanes of at least 4 members (excludes halogenated alkanes) is 4. The Bertz CT molecular complexity index is 831. The number of hydrogen-bond acceptors (Lipinski definition) is 6. The number of hydrogen-bond donors (Lipinski definition) is 0. The van der Waals surface area contributed by atoms with Gasteiger partial charge < -0.3 is 16.9 Å². The molecular weight excluding hydrogens is 607 g/mol. The fraction of sp³-hybridized carbons (Fsp3) is 0.857. The highest BCUT2D eigenvalue weighted by Gasteiger charge is 2.55. The van der Waals surface area contributed by atoms with Crippen LogP contribution in [0.15, 0.2) is 23.3 Å². The van der Waals surface area contributed by atoms with Crippen LogP contribution in [0, 0.1) is 0 Å². The van der Waals surface area contributed by atoms with Crippen molar-refractivity contribution in [1.29, 1.82) is 0 Å². The van der Waals surface area contributed by atoms with E-state index in [4.69, 9.17) is 16.9 Å². The van der Waals surface area contributed by atoms with Gasteiger partial charge in [0.1, 0.15) is 0 Å². The van der Waals surface area contributed by atoms with Gasteiger partial charge in [-0.15, -0.1) is 0 Å². The van der Waals surface area contributed by atoms with Gasteiger partial charge in [-0.3, -0.25) is 9.13 Å². The van der Waals surface area contributed by atoms with Crippen molar-refractivity contribution in [2.24, 2.45) is 0 Å². The van der Waals surface area contributed by atoms with Crippen molar-refractivity contribution in [2.45, 2.75) is 156 Å². The van der Waals surface area contributed by atoms with Gasteiger partial charge in [0, 0.05) is 0 Å². The summed E-state index contributed by atoms with van der Waals surface area (Å²) in [7, 11) is -17.0. The summed E-state index contributed by atoms with van der Waals surface area (Å²) in [5.74, 6) is 0. The van der Waals surface area contributed by atoms with E-state index in [0.717, 1.165) is 44.9 Å². The Morgan fingerprint density at radius 1 is 0.575 bits per heavy atom. The van der Waals surface area contributed by atoms with Gasteiger partial charge in [-0.05, 0) is 131 Å². The topological polar surface area (TPSA) is 71.1 Å². The van der Waals surface area contributed by atoms with E-state index < -0.39 is 53.9 Å². The van der Waals surface area contributed by atoms with Gasteiger partial charge in [0.25, 0.3) is 0 Å². The van der Waals surface area contributed by atoms with E-state index in [0.29, 0.717) is 6.42 Å². The minimum Gasteiger partial charge on any atom is -0.351 e. The van der Waals surface area contributed by atoms with Gasteiger partial charge in [0.2, 0.25) is 0 Å². The first kappa shape index (κ1) is 40.6. The monoisotopic (exact) mass is 670 g/mol. The van der Waals surface area contributed by atoms with E-state index in [1.54, 1.807) is 0 Å². The molecule has 0 rings (SSSR count). The van der Waals surface area contributed by atoms with Gasteiger partial charge in [0.05, 0.1) is 0 Å². The van der Waals surface area contributed by atoms with E-state index in [1.807, 2.05) is 78.6 Å². The minimum atomic E-state index is -3.82. The molecule has 0 spiro atoms. The van der Waals surface area contributed by atoms with Gasteiger partial charge in [-0.1, -0.05) is 42.6 Å². The third-order valence-electron chi connectivity index (χ3n) is 5.33. The summed E-state index contributed by atoms with van der Waals surface area (Å²) in [6, 6.07) is 0. The van der Waals surface area contributed by atoms with Crippen LogP contribution in [0.3, 0.4) is 0 Å². The first-order valence-electron chi connectivity index (χ1n) is 15.1. The van der Waals surface area contributed by atoms with Crippen LogP contribution in [-0.2, 0) is 26.0 Å². The number of rotatable bonds is 20. The molecule has 0 aliphatic heterocycles. The van der Waals surface area contributed by atoms with Crippen molar-refractivity contribution < 1.29 is 26.0 Å². The number of allylic oxidation sites excluding steroid dienone is 4. The largest absolute Gasteiger partial charge is 0.351 e. The van der Waals surface area contributed by atoms with Gasteiger partial charge in [-0.25, -0.2) is 0 Å². The minimum absolute atomic E-state index is 0.441. The maximum absolute atomic E-state index is 14.8. The molecule has 40 heavy (non-hydrogen) atoms. The zero-order valence-electron chi connectivity index (χ0n) is 28.7. The highest BCUT2D eigenvalue weighted by molar-refractivity contribution is 7.75. The van der Waals surface area contributed by atoms with Crippen LogP contribution in [0.25, 0.3) is 0 Å². The lowest BCUT2D eigenvalue weighted by atomic mass is 10.1. The summed E-state index contributed by atoms with van der Waals surface area (Å²) in [5, 5.41) is -0.908. The van der Waals surface area contributed by atoms with Crippen LogP contribution in [0.1, 0.15) is 72.1 Å². The van der Waals surface area contributed by atoms with Crippen molar-refractivity contribution in [1.82, 2.24) is 0 Å². The molecule has 0 radical (unpaired) electrons. The SMILES string of the molecule is CC(C)=CCC/C(C)=C/CCCCCCC(P(=O)(O[Si](C)(C)C)O[Si](C)(C)C)P(=O)(O[Si](C)(C)C)O[Si](C)(C)C. The zero-order chi connectivity index (χ0) is 31.6. The van der Waals surface area contributed by atoms with Gasteiger partial charge >= 0.3 is 15.2 Å². The Morgan fingerprint density at radius 2 is 0.950 bits per heavy atom. The third kappa shape index (κ3) is 19.8. The predicted molar refractivity (Wildman–Crippen MR) is 187 cm³/mol. The molecule has 0 atom stereocenters. The maximum Gasteiger partial charge on any atom is 0.326 e. The molecule has 238 valence electrons. The van der Waals surface area contributed by atoms with Crippen molar-refractivity contribution in [2.75, 3.05) is 0 Å². The molecule has 0 aromatic carbocycles. The van der Waals surface area contributed by atoms with Crippen LogP contribution < -0.4 is 0 Å². The predicted octanol–water partition coefficient (Wildman–Crippen LogP) is 12.1. The molecule has 0 aromatic rings. The third-order valence-corrected chi connectivity index (χ3v) is 21.8. The van der Waals surface area contributed by atoms with Crippen LogP contribution >= 0.6 is 15.2 Å². The quantitative estimate of drug-likeness (QED) is 0.0555. The Labute approximate surface area is 253 Å². The van der Waals surface area contributed by atoms with Crippen molar-refractivity contribution in [3.8, 4) is 0 Å². The second kappa shape index (κ2) is 16.6. The van der Waals surface area contributed by atoms with Crippen molar-refractivity contribution >= 4 is 48.5 Å². The van der Waals surface area contributed by atoms with Gasteiger partial charge in [-0.2, -0.15) is 0 Å². The summed E-state index contributed by atoms with van der Waals surface area (Å²) in [6.45, 7) is 30.5. The smallest absolute Gasteiger partial charge is 0.326 e. The normalized spacial score (nSPS) is 14.7. The Kier molecular flexibility index (Phi) is 16.9. The Balaban J connectivity index is 5.95. The lowest BCUT2D eigenvalue weighted by Crippen LogP contribution is -2.37. The molecule has 0 amide bonds. The molecule has 0 unspecified atom stereocenters. The molecular formula is C28H64O6P2Si4. The van der Waals surface area contributed by atoms with E-state index in [1.165, 1.54) is 11.1 Å². The van der Waals surface area contributed by atoms with E-state index in [9.17, 15) is 9.13 Å². The van der Waals surface area contributed by atoms with Crippen LogP contribution in [0.2, 0.25) is 78.6 Å². The maximum atomic E-state index is 14.8. The average Bonchev–Trinajstić information content (AvgIpc) is 2.63. The van der Waals surface area contributed by atoms with Crippen LogP contribution in [0.4, 0.5) is 0 Å². The summed E-state index contributed by atoms with van der Waals surface area (Å²) in [5.41, 5.74) is 2.81. The molecule has 0 saturated heterocycles. The molecule has 6 nitrogen and oxygen atoms in total. The fourth-order valence-electron chi connectivity index (χ4n) is 4.16. The van der Waals surface area contributed by atoms with E-state index in [2.05, 4.69) is 32.9 Å². The highest BCUT2D eigenvalue weighted by atomic mass is 31.2. The van der Waals surface area contributed by atoms with Crippen molar-refractivity contribution in [3.05, 3.63) is 23.3 Å². The first-order chi connectivity index (χ1) is 17.8. The molecule has 0 fully saturated rings. The highest BCUT2D eigenvalue weighted by Crippen LogP contribution is 2.74. The second-order valence-electron chi connectivity index (χ2n) is 15.2. The molecule has 0 bridgehead atoms. The molecule has 0 heterocycles. The van der Waals surface area contributed by atoms with Crippen LogP contribution in [-0.4, -0.2) is 38.7 Å². The Morgan fingerprint density at radius 3 is 1.30 bits per heavy atom. The fourth-order valence-corrected chi connectivity index (χ4v) is 23.4. The average molecular weight is 671 g/mol. The lowest BCUT2D eigenvalue weighted by Gasteiger charge is -2.41. The molecule has 0 N–H and O–H groups in total. The van der Waals surface area contributed by atoms with E-state index >= 15 is 0 Å². The lowest BCUT2D eigenvalue weighted by molar-refractivity contribution is 0.345. The summed E-state index contributed by atoms with van der Waals surface area (Å²) < 4.78 is 55.3. The standard InChI is InChI=1S/C28H64O6P2Si4/c1-26(2)22-21-24-27(3)23-19-17-16-18-20-25-28(35(29,31-37(4,5)6)32-38(7,8)9)36(30,33-39(10,11)12)34-40(13,14)15/h22-23,28H,16-21,24-25H2,1-15H3/b27-23+. The summed E-state index contributed by atoms with van der Waals surface area (Å²) in [6.07, 6.45) is 12.3. The summed E-state index contributed by atoms with van der Waals surface area (Å²) in [4.78, 5) is 0. The molecule has 12 heteroatoms. The molecule has 0 aromatic heterocycles. The zero-order valence-corrected chi connectivity index (χ0v) is 34.5.